The second kappa shape index (κ2) is 6.44. The van der Waals surface area contributed by atoms with Crippen LogP contribution in [0.1, 0.15) is 12.8 Å². The molecule has 1 atom stereocenters. The maximum Gasteiger partial charge on any atom is 0.227 e. The average Bonchev–Trinajstić information content (AvgIpc) is 2.63. The molecule has 1 aromatic rings. The zero-order valence-corrected chi connectivity index (χ0v) is 14.7. The van der Waals surface area contributed by atoms with E-state index in [1.807, 2.05) is 0 Å². The second-order valence-corrected chi connectivity index (χ2v) is 7.46. The average molecular weight is 334 g/mol. The lowest BCUT2D eigenvalue weighted by Gasteiger charge is -2.51. The molecule has 0 radical (unpaired) electrons. The third-order valence-electron chi connectivity index (χ3n) is 5.82. The molecular formula is C17H27FN6. The lowest BCUT2D eigenvalue weighted by atomic mass is 9.83. The monoisotopic (exact) mass is 334 g/mol. The van der Waals surface area contributed by atoms with Crippen LogP contribution >= 0.6 is 0 Å². The summed E-state index contributed by atoms with van der Waals surface area (Å²) in [6.45, 7) is 7.75. The molecule has 0 N–H and O–H groups in total. The second-order valence-electron chi connectivity index (χ2n) is 7.46. The smallest absolute Gasteiger partial charge is 0.227 e. The highest BCUT2D eigenvalue weighted by atomic mass is 19.1. The Balaban J connectivity index is 1.40. The van der Waals surface area contributed by atoms with Gasteiger partial charge in [-0.3, -0.25) is 4.90 Å². The van der Waals surface area contributed by atoms with Gasteiger partial charge >= 0.3 is 0 Å². The molecule has 4 aliphatic heterocycles. The van der Waals surface area contributed by atoms with E-state index in [1.165, 1.54) is 38.7 Å². The molecule has 2 bridgehead atoms. The van der Waals surface area contributed by atoms with Gasteiger partial charge in [0.1, 0.15) is 0 Å². The molecule has 4 aliphatic rings. The van der Waals surface area contributed by atoms with E-state index in [1.54, 1.807) is 19.0 Å². The van der Waals surface area contributed by atoms with Crippen LogP contribution in [0.2, 0.25) is 0 Å². The van der Waals surface area contributed by atoms with Crippen molar-refractivity contribution in [3.05, 3.63) is 12.0 Å². The van der Waals surface area contributed by atoms with E-state index in [4.69, 9.17) is 0 Å². The number of halogens is 1. The highest BCUT2D eigenvalue weighted by Crippen LogP contribution is 2.31. The van der Waals surface area contributed by atoms with Crippen molar-refractivity contribution in [1.29, 1.82) is 0 Å². The number of hydrogen-bond acceptors (Lipinski definition) is 6. The van der Waals surface area contributed by atoms with Crippen molar-refractivity contribution in [2.45, 2.75) is 18.9 Å². The standard InChI is InChI=1S/C17H27FN6/c1-21(2)16-14(18)11-19-17(20-16)24-9-7-23(8-10-24)15-12-22-5-3-13(15)4-6-22/h11,13,15H,3-10,12H2,1-2H3/t15-/m0/s1. The van der Waals surface area contributed by atoms with Gasteiger partial charge < -0.3 is 14.7 Å². The molecule has 6 nitrogen and oxygen atoms in total. The minimum atomic E-state index is -0.366. The van der Waals surface area contributed by atoms with E-state index in [0.29, 0.717) is 11.8 Å². The van der Waals surface area contributed by atoms with Crippen molar-refractivity contribution in [2.24, 2.45) is 5.92 Å². The van der Waals surface area contributed by atoms with Gasteiger partial charge in [0, 0.05) is 52.9 Å². The summed E-state index contributed by atoms with van der Waals surface area (Å²) in [7, 11) is 3.61. The highest BCUT2D eigenvalue weighted by molar-refractivity contribution is 5.44. The topological polar surface area (TPSA) is 38.7 Å². The molecule has 4 saturated heterocycles. The Kier molecular flexibility index (Phi) is 4.30. The number of rotatable bonds is 3. The summed E-state index contributed by atoms with van der Waals surface area (Å²) in [5.74, 6) is 1.52. The van der Waals surface area contributed by atoms with Crippen LogP contribution in [0.25, 0.3) is 0 Å². The molecule has 0 amide bonds. The minimum absolute atomic E-state index is 0.361. The van der Waals surface area contributed by atoms with Crippen LogP contribution in [-0.2, 0) is 0 Å². The third-order valence-corrected chi connectivity index (χ3v) is 5.82. The van der Waals surface area contributed by atoms with Gasteiger partial charge in [0.2, 0.25) is 5.95 Å². The highest BCUT2D eigenvalue weighted by Gasteiger charge is 2.38. The molecule has 0 spiro atoms. The quantitative estimate of drug-likeness (QED) is 0.818. The van der Waals surface area contributed by atoms with Crippen molar-refractivity contribution in [3.8, 4) is 0 Å². The predicted molar refractivity (Wildman–Crippen MR) is 93.1 cm³/mol. The van der Waals surface area contributed by atoms with Gasteiger partial charge in [-0.2, -0.15) is 4.98 Å². The van der Waals surface area contributed by atoms with E-state index in [2.05, 4.69) is 24.7 Å². The Labute approximate surface area is 143 Å². The number of hydrogen-bond donors (Lipinski definition) is 0. The van der Waals surface area contributed by atoms with Crippen LogP contribution in [-0.4, -0.2) is 85.7 Å². The third kappa shape index (κ3) is 2.95. The Morgan fingerprint density at radius 3 is 2.38 bits per heavy atom. The van der Waals surface area contributed by atoms with Crippen LogP contribution in [0, 0.1) is 11.7 Å². The molecule has 7 heteroatoms. The minimum Gasteiger partial charge on any atom is -0.360 e. The fraction of sp³-hybridized carbons (Fsp3) is 0.765. The maximum atomic E-state index is 13.8. The van der Waals surface area contributed by atoms with E-state index in [0.717, 1.165) is 38.1 Å². The number of nitrogens with zero attached hydrogens (tertiary/aromatic N) is 6. The Morgan fingerprint density at radius 2 is 1.79 bits per heavy atom. The molecule has 24 heavy (non-hydrogen) atoms. The summed E-state index contributed by atoms with van der Waals surface area (Å²) in [6.07, 6.45) is 4.01. The summed E-state index contributed by atoms with van der Waals surface area (Å²) in [5.41, 5.74) is 0. The molecule has 0 aliphatic carbocycles. The maximum absolute atomic E-state index is 13.8. The lowest BCUT2D eigenvalue weighted by molar-refractivity contribution is 0.00300. The first-order valence-electron chi connectivity index (χ1n) is 9.03. The van der Waals surface area contributed by atoms with Crippen molar-refractivity contribution >= 4 is 11.8 Å². The van der Waals surface area contributed by atoms with Crippen LogP contribution in [0.4, 0.5) is 16.2 Å². The molecule has 0 unspecified atom stereocenters. The van der Waals surface area contributed by atoms with Gasteiger partial charge in [-0.15, -0.1) is 0 Å². The van der Waals surface area contributed by atoms with Gasteiger partial charge in [0.05, 0.1) is 6.20 Å². The first-order valence-corrected chi connectivity index (χ1v) is 9.03. The molecule has 5 heterocycles. The van der Waals surface area contributed by atoms with Crippen molar-refractivity contribution in [1.82, 2.24) is 19.8 Å². The van der Waals surface area contributed by atoms with Crippen molar-refractivity contribution in [3.63, 3.8) is 0 Å². The summed E-state index contributed by atoms with van der Waals surface area (Å²) < 4.78 is 13.8. The van der Waals surface area contributed by atoms with Crippen LogP contribution in [0.3, 0.4) is 0 Å². The summed E-state index contributed by atoms with van der Waals surface area (Å²) in [5, 5.41) is 0. The Morgan fingerprint density at radius 1 is 1.08 bits per heavy atom. The molecule has 1 aromatic heterocycles. The molecule has 5 rings (SSSR count). The van der Waals surface area contributed by atoms with E-state index in [9.17, 15) is 4.39 Å². The number of piperazine rings is 1. The van der Waals surface area contributed by atoms with E-state index >= 15 is 0 Å². The van der Waals surface area contributed by atoms with Crippen molar-refractivity contribution in [2.75, 3.05) is 69.7 Å². The van der Waals surface area contributed by atoms with Gasteiger partial charge in [0.25, 0.3) is 0 Å². The van der Waals surface area contributed by atoms with Gasteiger partial charge in [0.15, 0.2) is 11.6 Å². The van der Waals surface area contributed by atoms with E-state index in [-0.39, 0.29) is 5.82 Å². The van der Waals surface area contributed by atoms with Gasteiger partial charge in [-0.1, -0.05) is 0 Å². The van der Waals surface area contributed by atoms with Crippen LogP contribution in [0.15, 0.2) is 6.20 Å². The van der Waals surface area contributed by atoms with Gasteiger partial charge in [-0.05, 0) is 31.8 Å². The Hall–Kier alpha value is -1.47. The zero-order chi connectivity index (χ0) is 16.7. The first-order chi connectivity index (χ1) is 11.6. The molecule has 0 saturated carbocycles. The van der Waals surface area contributed by atoms with Gasteiger partial charge in [-0.25, -0.2) is 9.37 Å². The Bertz CT molecular complexity index is 578. The van der Waals surface area contributed by atoms with Crippen molar-refractivity contribution < 1.29 is 4.39 Å². The SMILES string of the molecule is CN(C)c1nc(N2CCN([C@H]3CN4CCC3CC4)CC2)ncc1F. The van der Waals surface area contributed by atoms with E-state index < -0.39 is 0 Å². The summed E-state index contributed by atoms with van der Waals surface area (Å²) in [6, 6.07) is 0.723. The first kappa shape index (κ1) is 16.0. The number of piperidine rings is 3. The molecule has 132 valence electrons. The zero-order valence-electron chi connectivity index (χ0n) is 14.7. The normalized spacial score (nSPS) is 30.6. The summed E-state index contributed by atoms with van der Waals surface area (Å²) in [4.78, 5) is 17.8. The summed E-state index contributed by atoms with van der Waals surface area (Å²) >= 11 is 0. The fourth-order valence-electron chi connectivity index (χ4n) is 4.42. The lowest BCUT2D eigenvalue weighted by Crippen LogP contribution is -2.61. The largest absolute Gasteiger partial charge is 0.360 e. The van der Waals surface area contributed by atoms with Crippen LogP contribution < -0.4 is 9.80 Å². The number of anilines is 2. The number of aromatic nitrogens is 2. The predicted octanol–water partition coefficient (Wildman–Crippen LogP) is 0.898. The fourth-order valence-corrected chi connectivity index (χ4v) is 4.42. The molecule has 0 aromatic carbocycles. The van der Waals surface area contributed by atoms with Crippen LogP contribution in [0.5, 0.6) is 0 Å². The molecular weight excluding hydrogens is 307 g/mol. The molecule has 4 fully saturated rings. The number of fused-ring (bicyclic) bond motifs is 3.